The average Bonchev–Trinajstić information content (AvgIpc) is 2.22. The van der Waals surface area contributed by atoms with Crippen LogP contribution in [0.4, 0.5) is 0 Å². The molecule has 16 heavy (non-hydrogen) atoms. The molecule has 5 heteroatoms. The van der Waals surface area contributed by atoms with Crippen molar-refractivity contribution < 1.29 is 9.90 Å². The van der Waals surface area contributed by atoms with Crippen molar-refractivity contribution in [1.82, 2.24) is 15.1 Å². The standard InChI is InChI=1S/C11H21N3O2/c1-13-6-7-14(2)10(9-13)8-12-5-3-4-11(15)16/h3-4,10,12H,5-9H2,1-2H3,(H,15,16)/b4-3+. The molecule has 1 rings (SSSR count). The van der Waals surface area contributed by atoms with Crippen molar-refractivity contribution in [3.8, 4) is 0 Å². The zero-order valence-electron chi connectivity index (χ0n) is 10.0. The smallest absolute Gasteiger partial charge is 0.328 e. The van der Waals surface area contributed by atoms with Gasteiger partial charge in [0.1, 0.15) is 0 Å². The highest BCUT2D eigenvalue weighted by Crippen LogP contribution is 2.04. The minimum atomic E-state index is -0.892. The van der Waals surface area contributed by atoms with Crippen molar-refractivity contribution in [3.63, 3.8) is 0 Å². The fraction of sp³-hybridized carbons (Fsp3) is 0.727. The number of hydrogen-bond acceptors (Lipinski definition) is 4. The number of aliphatic carboxylic acids is 1. The van der Waals surface area contributed by atoms with E-state index in [0.29, 0.717) is 12.6 Å². The van der Waals surface area contributed by atoms with E-state index in [1.54, 1.807) is 6.08 Å². The fourth-order valence-electron chi connectivity index (χ4n) is 1.81. The molecular formula is C11H21N3O2. The Morgan fingerprint density at radius 3 is 2.94 bits per heavy atom. The molecule has 1 saturated heterocycles. The van der Waals surface area contributed by atoms with Crippen molar-refractivity contribution in [1.29, 1.82) is 0 Å². The number of carboxylic acid groups (broad SMARTS) is 1. The van der Waals surface area contributed by atoms with Gasteiger partial charge in [0, 0.05) is 44.8 Å². The first-order chi connectivity index (χ1) is 7.59. The summed E-state index contributed by atoms with van der Waals surface area (Å²) in [5.74, 6) is -0.892. The minimum absolute atomic E-state index is 0.511. The zero-order chi connectivity index (χ0) is 12.0. The second-order valence-electron chi connectivity index (χ2n) is 4.30. The number of nitrogens with one attached hydrogen (secondary N) is 1. The molecule has 1 unspecified atom stereocenters. The average molecular weight is 227 g/mol. The second kappa shape index (κ2) is 6.62. The molecule has 0 bridgehead atoms. The molecule has 0 saturated carbocycles. The highest BCUT2D eigenvalue weighted by molar-refractivity contribution is 5.79. The SMILES string of the molecule is CN1CCN(C)C(CNC/C=C/C(=O)O)C1. The summed E-state index contributed by atoms with van der Waals surface area (Å²) in [6.07, 6.45) is 2.80. The predicted octanol–water partition coefficient (Wildman–Crippen LogP) is -0.537. The van der Waals surface area contributed by atoms with Crippen LogP contribution in [0.15, 0.2) is 12.2 Å². The maximum Gasteiger partial charge on any atom is 0.328 e. The Balaban J connectivity index is 2.18. The molecule has 0 radical (unpaired) electrons. The van der Waals surface area contributed by atoms with E-state index in [1.807, 2.05) is 0 Å². The van der Waals surface area contributed by atoms with Crippen LogP contribution in [0, 0.1) is 0 Å². The van der Waals surface area contributed by atoms with Crippen LogP contribution in [0.1, 0.15) is 0 Å². The van der Waals surface area contributed by atoms with Gasteiger partial charge in [0.05, 0.1) is 0 Å². The number of rotatable bonds is 5. The van der Waals surface area contributed by atoms with E-state index in [0.717, 1.165) is 26.2 Å². The third-order valence-corrected chi connectivity index (χ3v) is 2.88. The van der Waals surface area contributed by atoms with Gasteiger partial charge in [0.25, 0.3) is 0 Å². The van der Waals surface area contributed by atoms with Crippen LogP contribution in [0.25, 0.3) is 0 Å². The first-order valence-corrected chi connectivity index (χ1v) is 5.58. The Morgan fingerprint density at radius 1 is 1.50 bits per heavy atom. The van der Waals surface area contributed by atoms with E-state index < -0.39 is 5.97 Å². The lowest BCUT2D eigenvalue weighted by Gasteiger charge is -2.37. The van der Waals surface area contributed by atoms with Crippen LogP contribution in [-0.2, 0) is 4.79 Å². The normalized spacial score (nSPS) is 24.0. The highest BCUT2D eigenvalue weighted by atomic mass is 16.4. The molecule has 92 valence electrons. The largest absolute Gasteiger partial charge is 0.478 e. The number of hydrogen-bond donors (Lipinski definition) is 2. The maximum atomic E-state index is 10.2. The minimum Gasteiger partial charge on any atom is -0.478 e. The van der Waals surface area contributed by atoms with Gasteiger partial charge in [0.15, 0.2) is 0 Å². The van der Waals surface area contributed by atoms with Crippen molar-refractivity contribution in [3.05, 3.63) is 12.2 Å². The summed E-state index contributed by atoms with van der Waals surface area (Å²) in [6.45, 7) is 4.77. The van der Waals surface area contributed by atoms with E-state index in [1.165, 1.54) is 6.08 Å². The second-order valence-corrected chi connectivity index (χ2v) is 4.30. The van der Waals surface area contributed by atoms with Gasteiger partial charge >= 0.3 is 5.97 Å². The number of carbonyl (C=O) groups is 1. The Labute approximate surface area is 96.7 Å². The first kappa shape index (κ1) is 13.2. The monoisotopic (exact) mass is 227 g/mol. The van der Waals surface area contributed by atoms with Gasteiger partial charge in [-0.1, -0.05) is 6.08 Å². The molecule has 0 aromatic heterocycles. The Hall–Kier alpha value is -0.910. The van der Waals surface area contributed by atoms with Gasteiger partial charge < -0.3 is 15.3 Å². The fourth-order valence-corrected chi connectivity index (χ4v) is 1.81. The quantitative estimate of drug-likeness (QED) is 0.488. The molecule has 0 aromatic carbocycles. The summed E-state index contributed by atoms with van der Waals surface area (Å²) in [5.41, 5.74) is 0. The summed E-state index contributed by atoms with van der Waals surface area (Å²) in [7, 11) is 4.26. The van der Waals surface area contributed by atoms with Crippen LogP contribution in [-0.4, -0.2) is 73.7 Å². The lowest BCUT2D eigenvalue weighted by molar-refractivity contribution is -0.131. The molecule has 5 nitrogen and oxygen atoms in total. The van der Waals surface area contributed by atoms with Crippen molar-refractivity contribution in [2.45, 2.75) is 6.04 Å². The summed E-state index contributed by atoms with van der Waals surface area (Å²) < 4.78 is 0. The topological polar surface area (TPSA) is 55.8 Å². The molecule has 1 atom stereocenters. The Morgan fingerprint density at radius 2 is 2.25 bits per heavy atom. The van der Waals surface area contributed by atoms with E-state index in [9.17, 15) is 4.79 Å². The lowest BCUT2D eigenvalue weighted by atomic mass is 10.2. The van der Waals surface area contributed by atoms with Gasteiger partial charge in [-0.2, -0.15) is 0 Å². The van der Waals surface area contributed by atoms with Gasteiger partial charge in [-0.15, -0.1) is 0 Å². The molecule has 1 heterocycles. The van der Waals surface area contributed by atoms with Crippen molar-refractivity contribution in [2.75, 3.05) is 46.8 Å². The zero-order valence-corrected chi connectivity index (χ0v) is 10.0. The van der Waals surface area contributed by atoms with E-state index >= 15 is 0 Å². The van der Waals surface area contributed by atoms with Crippen molar-refractivity contribution >= 4 is 5.97 Å². The maximum absolute atomic E-state index is 10.2. The third-order valence-electron chi connectivity index (χ3n) is 2.88. The number of nitrogens with zero attached hydrogens (tertiary/aromatic N) is 2. The summed E-state index contributed by atoms with van der Waals surface area (Å²) in [5, 5.41) is 11.7. The molecule has 0 aliphatic carbocycles. The molecule has 2 N–H and O–H groups in total. The molecular weight excluding hydrogens is 206 g/mol. The van der Waals surface area contributed by atoms with Crippen LogP contribution in [0.3, 0.4) is 0 Å². The molecule has 1 fully saturated rings. The van der Waals surface area contributed by atoms with Gasteiger partial charge in [-0.3, -0.25) is 4.90 Å². The van der Waals surface area contributed by atoms with Crippen molar-refractivity contribution in [2.24, 2.45) is 0 Å². The van der Waals surface area contributed by atoms with Gasteiger partial charge in [-0.25, -0.2) is 4.79 Å². The van der Waals surface area contributed by atoms with Crippen LogP contribution in [0.2, 0.25) is 0 Å². The van der Waals surface area contributed by atoms with Gasteiger partial charge in [-0.05, 0) is 14.1 Å². The first-order valence-electron chi connectivity index (χ1n) is 5.58. The van der Waals surface area contributed by atoms with E-state index in [-0.39, 0.29) is 0 Å². The number of carboxylic acids is 1. The molecule has 0 spiro atoms. The number of likely N-dealkylation sites (N-methyl/N-ethyl adjacent to an activating group) is 2. The Kier molecular flexibility index (Phi) is 5.45. The molecule has 0 aromatic rings. The van der Waals surface area contributed by atoms with Crippen LogP contribution in [0.5, 0.6) is 0 Å². The van der Waals surface area contributed by atoms with E-state index in [4.69, 9.17) is 5.11 Å². The summed E-state index contributed by atoms with van der Waals surface area (Å²) in [6, 6.07) is 0.511. The molecule has 1 aliphatic heterocycles. The molecule has 1 aliphatic rings. The van der Waals surface area contributed by atoms with Crippen LogP contribution < -0.4 is 5.32 Å². The van der Waals surface area contributed by atoms with Gasteiger partial charge in [0.2, 0.25) is 0 Å². The molecule has 0 amide bonds. The van der Waals surface area contributed by atoms with E-state index in [2.05, 4.69) is 29.2 Å². The van der Waals surface area contributed by atoms with Crippen LogP contribution >= 0.6 is 0 Å². The lowest BCUT2D eigenvalue weighted by Crippen LogP contribution is -2.53. The Bertz CT molecular complexity index is 256. The summed E-state index contributed by atoms with van der Waals surface area (Å²) in [4.78, 5) is 14.9. The predicted molar refractivity (Wildman–Crippen MR) is 63.6 cm³/mol. The highest BCUT2D eigenvalue weighted by Gasteiger charge is 2.20. The third kappa shape index (κ3) is 4.74. The summed E-state index contributed by atoms with van der Waals surface area (Å²) >= 11 is 0. The number of piperazine rings is 1.